The van der Waals surface area contributed by atoms with Crippen LogP contribution in [0, 0.1) is 5.92 Å². The third-order valence-electron chi connectivity index (χ3n) is 6.26. The summed E-state index contributed by atoms with van der Waals surface area (Å²) in [6, 6.07) is 20.6. The van der Waals surface area contributed by atoms with E-state index in [-0.39, 0.29) is 29.0 Å². The van der Waals surface area contributed by atoms with Crippen molar-refractivity contribution in [1.82, 2.24) is 10.2 Å². The van der Waals surface area contributed by atoms with Crippen LogP contribution in [0.4, 0.5) is 5.69 Å². The zero-order valence-corrected chi connectivity index (χ0v) is 24.8. The molecule has 0 aliphatic carbocycles. The predicted molar refractivity (Wildman–Crippen MR) is 158 cm³/mol. The number of sulfonamides is 1. The Bertz CT molecular complexity index is 1400. The monoisotopic (exact) mass is 585 g/mol. The molecular weight excluding hydrogens is 550 g/mol. The molecule has 0 aliphatic rings. The second-order valence-corrected chi connectivity index (χ2v) is 12.0. The number of carbonyl (C=O) groups is 2. The Hall–Kier alpha value is -3.56. The number of anilines is 1. The Morgan fingerprint density at radius 3 is 2.30 bits per heavy atom. The summed E-state index contributed by atoms with van der Waals surface area (Å²) in [6.45, 7) is 5.79. The highest BCUT2D eigenvalue weighted by Crippen LogP contribution is 2.27. The highest BCUT2D eigenvalue weighted by atomic mass is 35.5. The number of nitrogens with zero attached hydrogens (tertiary/aromatic N) is 2. The van der Waals surface area contributed by atoms with Crippen LogP contribution in [0.1, 0.15) is 32.8 Å². The topological polar surface area (TPSA) is 96.0 Å². The van der Waals surface area contributed by atoms with Gasteiger partial charge in [0, 0.05) is 18.1 Å². The molecule has 0 heterocycles. The van der Waals surface area contributed by atoms with Gasteiger partial charge in [0.25, 0.3) is 10.0 Å². The normalized spacial score (nSPS) is 12.1. The Morgan fingerprint density at radius 1 is 0.975 bits per heavy atom. The molecule has 3 aromatic rings. The number of halogens is 1. The SMILES string of the molecule is CCC(C(=O)NCC(C)C)N(Cc1cccc(OC)c1)C(=O)CN(c1cccc(Cl)c1)S(=O)(=O)c1ccccc1. The number of ether oxygens (including phenoxy) is 1. The fourth-order valence-electron chi connectivity index (χ4n) is 4.19. The van der Waals surface area contributed by atoms with E-state index in [1.54, 1.807) is 61.7 Å². The van der Waals surface area contributed by atoms with Crippen LogP contribution >= 0.6 is 11.6 Å². The molecule has 2 amide bonds. The van der Waals surface area contributed by atoms with Gasteiger partial charge >= 0.3 is 0 Å². The first-order chi connectivity index (χ1) is 19.1. The minimum absolute atomic E-state index is 0.0313. The van der Waals surface area contributed by atoms with Gasteiger partial charge in [-0.2, -0.15) is 0 Å². The van der Waals surface area contributed by atoms with Crippen molar-refractivity contribution < 1.29 is 22.7 Å². The first kappa shape index (κ1) is 31.0. The number of hydrogen-bond acceptors (Lipinski definition) is 5. The summed E-state index contributed by atoms with van der Waals surface area (Å²) in [5.41, 5.74) is 0.978. The third-order valence-corrected chi connectivity index (χ3v) is 8.29. The van der Waals surface area contributed by atoms with E-state index in [0.717, 1.165) is 9.87 Å². The van der Waals surface area contributed by atoms with Crippen LogP contribution in [0.25, 0.3) is 0 Å². The van der Waals surface area contributed by atoms with Crippen LogP contribution in [-0.4, -0.2) is 51.4 Å². The van der Waals surface area contributed by atoms with E-state index in [0.29, 0.717) is 23.7 Å². The maximum absolute atomic E-state index is 14.1. The van der Waals surface area contributed by atoms with Gasteiger partial charge in [0.1, 0.15) is 18.3 Å². The fraction of sp³-hybridized carbons (Fsp3) is 0.333. The Morgan fingerprint density at radius 2 is 1.68 bits per heavy atom. The molecule has 0 aliphatic heterocycles. The van der Waals surface area contributed by atoms with Gasteiger partial charge in [-0.05, 0) is 60.4 Å². The fourth-order valence-corrected chi connectivity index (χ4v) is 5.80. The average Bonchev–Trinajstić information content (AvgIpc) is 2.95. The summed E-state index contributed by atoms with van der Waals surface area (Å²) in [7, 11) is -2.60. The lowest BCUT2D eigenvalue weighted by molar-refractivity contribution is -0.140. The molecule has 8 nitrogen and oxygen atoms in total. The Labute approximate surface area is 241 Å². The zero-order valence-electron chi connectivity index (χ0n) is 23.2. The summed E-state index contributed by atoms with van der Waals surface area (Å²) in [6.07, 6.45) is 0.336. The number of benzene rings is 3. The number of amides is 2. The van der Waals surface area contributed by atoms with Crippen LogP contribution in [-0.2, 0) is 26.2 Å². The molecule has 0 saturated carbocycles. The van der Waals surface area contributed by atoms with Gasteiger partial charge in [-0.3, -0.25) is 13.9 Å². The molecule has 3 rings (SSSR count). The van der Waals surface area contributed by atoms with E-state index in [4.69, 9.17) is 16.3 Å². The summed E-state index contributed by atoms with van der Waals surface area (Å²) < 4.78 is 34.0. The molecule has 0 saturated heterocycles. The molecule has 0 bridgehead atoms. The quantitative estimate of drug-likeness (QED) is 0.300. The van der Waals surface area contributed by atoms with Crippen molar-refractivity contribution in [3.8, 4) is 5.75 Å². The number of hydrogen-bond donors (Lipinski definition) is 1. The molecule has 1 atom stereocenters. The molecule has 1 N–H and O–H groups in total. The molecule has 3 aromatic carbocycles. The Kier molecular flexibility index (Phi) is 11.0. The molecule has 214 valence electrons. The summed E-state index contributed by atoms with van der Waals surface area (Å²) >= 11 is 6.21. The third kappa shape index (κ3) is 7.99. The predicted octanol–water partition coefficient (Wildman–Crippen LogP) is 5.12. The van der Waals surface area contributed by atoms with Crippen molar-refractivity contribution in [3.63, 3.8) is 0 Å². The summed E-state index contributed by atoms with van der Waals surface area (Å²) in [5.74, 6) is -0.00531. The number of nitrogens with one attached hydrogen (secondary N) is 1. The summed E-state index contributed by atoms with van der Waals surface area (Å²) in [4.78, 5) is 28.8. The van der Waals surface area contributed by atoms with Gasteiger partial charge < -0.3 is 15.0 Å². The van der Waals surface area contributed by atoms with E-state index in [9.17, 15) is 18.0 Å². The van der Waals surface area contributed by atoms with Crippen molar-refractivity contribution in [2.75, 3.05) is 24.5 Å². The average molecular weight is 586 g/mol. The minimum Gasteiger partial charge on any atom is -0.497 e. The molecule has 10 heteroatoms. The second kappa shape index (κ2) is 14.2. The van der Waals surface area contributed by atoms with E-state index in [2.05, 4.69) is 5.32 Å². The van der Waals surface area contributed by atoms with Crippen LogP contribution in [0.2, 0.25) is 5.02 Å². The van der Waals surface area contributed by atoms with Crippen LogP contribution in [0.5, 0.6) is 5.75 Å². The van der Waals surface area contributed by atoms with E-state index in [1.165, 1.54) is 23.1 Å². The highest BCUT2D eigenvalue weighted by molar-refractivity contribution is 7.92. The molecule has 0 aromatic heterocycles. The van der Waals surface area contributed by atoms with Gasteiger partial charge in [0.05, 0.1) is 17.7 Å². The van der Waals surface area contributed by atoms with Crippen LogP contribution in [0.3, 0.4) is 0 Å². The van der Waals surface area contributed by atoms with Crippen LogP contribution < -0.4 is 14.4 Å². The van der Waals surface area contributed by atoms with Gasteiger partial charge in [-0.25, -0.2) is 8.42 Å². The molecule has 0 spiro atoms. The highest BCUT2D eigenvalue weighted by Gasteiger charge is 2.33. The van der Waals surface area contributed by atoms with Gasteiger partial charge in [0.15, 0.2) is 0 Å². The van der Waals surface area contributed by atoms with Crippen molar-refractivity contribution in [2.24, 2.45) is 5.92 Å². The van der Waals surface area contributed by atoms with Crippen LogP contribution in [0.15, 0.2) is 83.8 Å². The smallest absolute Gasteiger partial charge is 0.264 e. The molecule has 1 unspecified atom stereocenters. The lowest BCUT2D eigenvalue weighted by Crippen LogP contribution is -2.52. The van der Waals surface area contributed by atoms with E-state index in [1.807, 2.05) is 26.8 Å². The Balaban J connectivity index is 2.05. The maximum Gasteiger partial charge on any atom is 0.264 e. The summed E-state index contributed by atoms with van der Waals surface area (Å²) in [5, 5.41) is 3.24. The van der Waals surface area contributed by atoms with Gasteiger partial charge in [-0.1, -0.05) is 68.8 Å². The van der Waals surface area contributed by atoms with Crippen molar-refractivity contribution in [2.45, 2.75) is 44.7 Å². The van der Waals surface area contributed by atoms with Crippen molar-refractivity contribution in [3.05, 3.63) is 89.4 Å². The minimum atomic E-state index is -4.15. The molecular formula is C30H36ClN3O5S. The largest absolute Gasteiger partial charge is 0.497 e. The van der Waals surface area contributed by atoms with E-state index >= 15 is 0 Å². The number of carbonyl (C=O) groups excluding carboxylic acids is 2. The second-order valence-electron chi connectivity index (χ2n) is 9.74. The first-order valence-electron chi connectivity index (χ1n) is 13.1. The lowest BCUT2D eigenvalue weighted by atomic mass is 10.1. The number of methoxy groups -OCH3 is 1. The number of rotatable bonds is 13. The standard InChI is InChI=1S/C30H36ClN3O5S/c1-5-28(30(36)32-19-22(2)3)33(20-23-11-9-14-26(17-23)39-4)29(35)21-34(25-13-10-12-24(31)18-25)40(37,38)27-15-7-6-8-16-27/h6-18,22,28H,5,19-21H2,1-4H3,(H,32,36). The molecule has 0 fully saturated rings. The van der Waals surface area contributed by atoms with Gasteiger partial charge in [-0.15, -0.1) is 0 Å². The maximum atomic E-state index is 14.1. The lowest BCUT2D eigenvalue weighted by Gasteiger charge is -2.33. The van der Waals surface area contributed by atoms with Gasteiger partial charge in [0.2, 0.25) is 11.8 Å². The van der Waals surface area contributed by atoms with Crippen molar-refractivity contribution in [1.29, 1.82) is 0 Å². The van der Waals surface area contributed by atoms with E-state index < -0.39 is 28.5 Å². The first-order valence-corrected chi connectivity index (χ1v) is 14.9. The molecule has 0 radical (unpaired) electrons. The van der Waals surface area contributed by atoms with Crippen molar-refractivity contribution >= 4 is 39.1 Å². The molecule has 40 heavy (non-hydrogen) atoms. The zero-order chi connectivity index (χ0) is 29.3.